The van der Waals surface area contributed by atoms with Crippen LogP contribution >= 0.6 is 0 Å². The molecular formula is C19H19NO2. The molecule has 112 valence electrons. The van der Waals surface area contributed by atoms with E-state index in [4.69, 9.17) is 9.47 Å². The fourth-order valence-electron chi connectivity index (χ4n) is 3.04. The summed E-state index contributed by atoms with van der Waals surface area (Å²) < 4.78 is 11.8. The highest BCUT2D eigenvalue weighted by Crippen LogP contribution is 2.37. The molecule has 2 aliphatic heterocycles. The van der Waals surface area contributed by atoms with Gasteiger partial charge in [-0.15, -0.1) is 0 Å². The van der Waals surface area contributed by atoms with Crippen molar-refractivity contribution in [1.29, 1.82) is 0 Å². The summed E-state index contributed by atoms with van der Waals surface area (Å²) in [5.74, 6) is 0.979. The molecule has 1 saturated heterocycles. The Morgan fingerprint density at radius 2 is 1.73 bits per heavy atom. The van der Waals surface area contributed by atoms with Crippen LogP contribution in [0.1, 0.15) is 5.56 Å². The summed E-state index contributed by atoms with van der Waals surface area (Å²) in [5, 5.41) is 0. The van der Waals surface area contributed by atoms with E-state index in [2.05, 4.69) is 59.5 Å². The molecule has 0 radical (unpaired) electrons. The first-order valence-corrected chi connectivity index (χ1v) is 7.77. The van der Waals surface area contributed by atoms with Gasteiger partial charge in [-0.1, -0.05) is 54.6 Å². The Kier molecular flexibility index (Phi) is 3.67. The van der Waals surface area contributed by atoms with Gasteiger partial charge in [0.2, 0.25) is 0 Å². The third kappa shape index (κ3) is 2.54. The third-order valence-electron chi connectivity index (χ3n) is 4.21. The van der Waals surface area contributed by atoms with Gasteiger partial charge in [-0.3, -0.25) is 4.90 Å². The van der Waals surface area contributed by atoms with Crippen molar-refractivity contribution in [2.24, 2.45) is 0 Å². The largest absolute Gasteiger partial charge is 0.470 e. The van der Waals surface area contributed by atoms with E-state index in [9.17, 15) is 0 Å². The van der Waals surface area contributed by atoms with E-state index >= 15 is 0 Å². The van der Waals surface area contributed by atoms with Crippen molar-refractivity contribution in [2.75, 3.05) is 26.3 Å². The molecule has 1 fully saturated rings. The second-order valence-electron chi connectivity index (χ2n) is 5.61. The molecule has 3 heteroatoms. The predicted molar refractivity (Wildman–Crippen MR) is 87.7 cm³/mol. The molecule has 0 aromatic heterocycles. The van der Waals surface area contributed by atoms with Gasteiger partial charge in [0.1, 0.15) is 5.75 Å². The quantitative estimate of drug-likeness (QED) is 0.847. The number of morpholine rings is 1. The van der Waals surface area contributed by atoms with E-state index in [-0.39, 0.29) is 6.23 Å². The molecule has 2 aromatic rings. The highest BCUT2D eigenvalue weighted by atomic mass is 16.5. The first-order chi connectivity index (χ1) is 10.9. The fraction of sp³-hybridized carbons (Fsp3) is 0.263. The molecule has 0 amide bonds. The molecule has 0 spiro atoms. The first-order valence-electron chi connectivity index (χ1n) is 7.77. The van der Waals surface area contributed by atoms with Crippen molar-refractivity contribution in [3.05, 3.63) is 60.2 Å². The van der Waals surface area contributed by atoms with Crippen LogP contribution in [0.3, 0.4) is 0 Å². The summed E-state index contributed by atoms with van der Waals surface area (Å²) in [7, 11) is 0. The molecule has 22 heavy (non-hydrogen) atoms. The van der Waals surface area contributed by atoms with Gasteiger partial charge in [0.05, 0.1) is 13.2 Å². The predicted octanol–water partition coefficient (Wildman–Crippen LogP) is 3.42. The number of hydrogen-bond donors (Lipinski definition) is 0. The standard InChI is InChI=1S/C19H19NO2/c1-2-5-15(6-3-1)17-8-4-7-16-9-10-18(22-19(16)17)20-11-13-21-14-12-20/h1-10,18H,11-14H2. The van der Waals surface area contributed by atoms with Crippen LogP contribution in [0, 0.1) is 0 Å². The highest BCUT2D eigenvalue weighted by Gasteiger charge is 2.25. The van der Waals surface area contributed by atoms with Crippen LogP contribution in [0.2, 0.25) is 0 Å². The average molecular weight is 293 g/mol. The molecule has 0 saturated carbocycles. The molecule has 2 aliphatic rings. The Hall–Kier alpha value is -2.10. The zero-order valence-corrected chi connectivity index (χ0v) is 12.4. The normalized spacial score (nSPS) is 21.2. The molecule has 3 nitrogen and oxygen atoms in total. The molecule has 0 bridgehead atoms. The number of nitrogens with zero attached hydrogens (tertiary/aromatic N) is 1. The summed E-state index contributed by atoms with van der Waals surface area (Å²) in [5.41, 5.74) is 3.49. The number of rotatable bonds is 2. The second-order valence-corrected chi connectivity index (χ2v) is 5.61. The first kappa shape index (κ1) is 13.6. The van der Waals surface area contributed by atoms with Gasteiger partial charge in [0.15, 0.2) is 6.23 Å². The van der Waals surface area contributed by atoms with E-state index in [0.717, 1.165) is 43.2 Å². The van der Waals surface area contributed by atoms with E-state index < -0.39 is 0 Å². The van der Waals surface area contributed by atoms with Crippen LogP contribution in [0.4, 0.5) is 0 Å². The van der Waals surface area contributed by atoms with Gasteiger partial charge >= 0.3 is 0 Å². The number of hydrogen-bond acceptors (Lipinski definition) is 3. The number of ether oxygens (including phenoxy) is 2. The van der Waals surface area contributed by atoms with Gasteiger partial charge < -0.3 is 9.47 Å². The Morgan fingerprint density at radius 3 is 2.55 bits per heavy atom. The van der Waals surface area contributed by atoms with Crippen LogP contribution < -0.4 is 4.74 Å². The van der Waals surface area contributed by atoms with Crippen molar-refractivity contribution in [3.8, 4) is 16.9 Å². The van der Waals surface area contributed by atoms with Crippen molar-refractivity contribution in [3.63, 3.8) is 0 Å². The molecule has 4 rings (SSSR count). The maximum Gasteiger partial charge on any atom is 0.172 e. The highest BCUT2D eigenvalue weighted by molar-refractivity contribution is 5.77. The fourth-order valence-corrected chi connectivity index (χ4v) is 3.04. The molecular weight excluding hydrogens is 274 g/mol. The SMILES string of the molecule is C1=CC(N2CCOCC2)Oc2c1cccc2-c1ccccc1. The van der Waals surface area contributed by atoms with E-state index in [1.807, 2.05) is 6.07 Å². The lowest BCUT2D eigenvalue weighted by Crippen LogP contribution is -2.46. The molecule has 1 atom stereocenters. The van der Waals surface area contributed by atoms with Crippen molar-refractivity contribution >= 4 is 6.08 Å². The number of para-hydroxylation sites is 1. The number of benzene rings is 2. The summed E-state index contributed by atoms with van der Waals surface area (Å²) in [6, 6.07) is 16.7. The van der Waals surface area contributed by atoms with Crippen molar-refractivity contribution < 1.29 is 9.47 Å². The second kappa shape index (κ2) is 5.95. The monoisotopic (exact) mass is 293 g/mol. The minimum Gasteiger partial charge on any atom is -0.470 e. The van der Waals surface area contributed by atoms with Crippen LogP contribution in [-0.2, 0) is 4.74 Å². The van der Waals surface area contributed by atoms with E-state index in [0.29, 0.717) is 0 Å². The van der Waals surface area contributed by atoms with Crippen LogP contribution in [0.15, 0.2) is 54.6 Å². The van der Waals surface area contributed by atoms with Crippen LogP contribution in [0.25, 0.3) is 17.2 Å². The topological polar surface area (TPSA) is 21.7 Å². The van der Waals surface area contributed by atoms with Gasteiger partial charge in [-0.2, -0.15) is 0 Å². The molecule has 2 heterocycles. The lowest BCUT2D eigenvalue weighted by Gasteiger charge is -2.35. The molecule has 1 unspecified atom stereocenters. The summed E-state index contributed by atoms with van der Waals surface area (Å²) in [6.07, 6.45) is 4.31. The molecule has 0 N–H and O–H groups in total. The lowest BCUT2D eigenvalue weighted by molar-refractivity contribution is -0.0258. The average Bonchev–Trinajstić information content (AvgIpc) is 2.62. The summed E-state index contributed by atoms with van der Waals surface area (Å²) in [6.45, 7) is 3.39. The van der Waals surface area contributed by atoms with Gasteiger partial charge in [-0.05, 0) is 11.6 Å². The minimum atomic E-state index is 0.00117. The maximum atomic E-state index is 6.34. The van der Waals surface area contributed by atoms with Gasteiger partial charge in [0, 0.05) is 24.2 Å². The van der Waals surface area contributed by atoms with Crippen molar-refractivity contribution in [2.45, 2.75) is 6.23 Å². The third-order valence-corrected chi connectivity index (χ3v) is 4.21. The lowest BCUT2D eigenvalue weighted by atomic mass is 10.00. The van der Waals surface area contributed by atoms with E-state index in [1.54, 1.807) is 0 Å². The minimum absolute atomic E-state index is 0.00117. The molecule has 0 aliphatic carbocycles. The summed E-state index contributed by atoms with van der Waals surface area (Å²) >= 11 is 0. The smallest absolute Gasteiger partial charge is 0.172 e. The number of fused-ring (bicyclic) bond motifs is 1. The Labute approximate surface area is 130 Å². The molecule has 2 aromatic carbocycles. The van der Waals surface area contributed by atoms with Crippen LogP contribution in [0.5, 0.6) is 5.75 Å². The Balaban J connectivity index is 1.68. The van der Waals surface area contributed by atoms with E-state index in [1.165, 1.54) is 5.56 Å². The van der Waals surface area contributed by atoms with Gasteiger partial charge in [0.25, 0.3) is 0 Å². The zero-order chi connectivity index (χ0) is 14.8. The zero-order valence-electron chi connectivity index (χ0n) is 12.4. The Bertz CT molecular complexity index is 675. The Morgan fingerprint density at radius 1 is 0.909 bits per heavy atom. The van der Waals surface area contributed by atoms with Crippen LogP contribution in [-0.4, -0.2) is 37.4 Å². The van der Waals surface area contributed by atoms with Crippen molar-refractivity contribution in [1.82, 2.24) is 4.90 Å². The summed E-state index contributed by atoms with van der Waals surface area (Å²) in [4.78, 5) is 2.32. The van der Waals surface area contributed by atoms with Gasteiger partial charge in [-0.25, -0.2) is 0 Å². The maximum absolute atomic E-state index is 6.34.